The highest BCUT2D eigenvalue weighted by molar-refractivity contribution is 5.82. The van der Waals surface area contributed by atoms with Crippen LogP contribution >= 0.6 is 0 Å². The van der Waals surface area contributed by atoms with Crippen molar-refractivity contribution in [2.24, 2.45) is 17.4 Å². The van der Waals surface area contributed by atoms with Crippen molar-refractivity contribution in [3.8, 4) is 16.9 Å². The molecule has 9 heteroatoms. The number of nitrogens with two attached hydrogens (primary N) is 2. The summed E-state index contributed by atoms with van der Waals surface area (Å²) in [5.41, 5.74) is 15.8. The van der Waals surface area contributed by atoms with Crippen molar-refractivity contribution in [3.05, 3.63) is 53.9 Å². The Morgan fingerprint density at radius 3 is 2.79 bits per heavy atom. The van der Waals surface area contributed by atoms with Gasteiger partial charge in [0.05, 0.1) is 37.3 Å². The van der Waals surface area contributed by atoms with Gasteiger partial charge in [-0.25, -0.2) is 0 Å². The van der Waals surface area contributed by atoms with Crippen molar-refractivity contribution in [1.29, 1.82) is 0 Å². The van der Waals surface area contributed by atoms with Crippen molar-refractivity contribution < 1.29 is 14.3 Å². The molecule has 1 unspecified atom stereocenters. The Bertz CT molecular complexity index is 1060. The highest BCUT2D eigenvalue weighted by Crippen LogP contribution is 2.37. The summed E-state index contributed by atoms with van der Waals surface area (Å²) in [4.78, 5) is 12.0. The first kappa shape index (κ1) is 22.7. The lowest BCUT2D eigenvalue weighted by Crippen LogP contribution is -2.29. The fourth-order valence-corrected chi connectivity index (χ4v) is 3.87. The molecule has 1 saturated carbocycles. The van der Waals surface area contributed by atoms with Crippen LogP contribution in [0.3, 0.4) is 0 Å². The zero-order valence-corrected chi connectivity index (χ0v) is 19.1. The number of amides is 1. The van der Waals surface area contributed by atoms with Crippen molar-refractivity contribution in [2.75, 3.05) is 25.6 Å². The first-order valence-corrected chi connectivity index (χ1v) is 11.3. The van der Waals surface area contributed by atoms with Gasteiger partial charge >= 0.3 is 0 Å². The number of benzene rings is 1. The molecule has 1 amide bonds. The molecule has 0 spiro atoms. The van der Waals surface area contributed by atoms with Crippen molar-refractivity contribution >= 4 is 11.6 Å². The van der Waals surface area contributed by atoms with Gasteiger partial charge in [0.25, 0.3) is 0 Å². The third-order valence-electron chi connectivity index (χ3n) is 5.85. The first-order chi connectivity index (χ1) is 16.0. The molecule has 0 bridgehead atoms. The Balaban J connectivity index is 1.57. The molecule has 9 nitrogen and oxygen atoms in total. The number of methoxy groups -OCH3 is 1. The lowest BCUT2D eigenvalue weighted by molar-refractivity contribution is -0.121. The molecule has 1 atom stereocenters. The van der Waals surface area contributed by atoms with Gasteiger partial charge in [-0.1, -0.05) is 12.1 Å². The van der Waals surface area contributed by atoms with Crippen LogP contribution in [0.5, 0.6) is 5.75 Å². The summed E-state index contributed by atoms with van der Waals surface area (Å²) in [7, 11) is 1.63. The van der Waals surface area contributed by atoms with E-state index in [0.29, 0.717) is 23.8 Å². The molecule has 2 aliphatic rings. The second kappa shape index (κ2) is 9.99. The quantitative estimate of drug-likeness (QED) is 0.453. The fourth-order valence-electron chi connectivity index (χ4n) is 3.87. The van der Waals surface area contributed by atoms with E-state index in [0.717, 1.165) is 49.1 Å². The Morgan fingerprint density at radius 1 is 1.30 bits per heavy atom. The molecule has 1 saturated heterocycles. The predicted molar refractivity (Wildman–Crippen MR) is 127 cm³/mol. The third-order valence-corrected chi connectivity index (χ3v) is 5.85. The minimum Gasteiger partial charge on any atom is -0.494 e. The van der Waals surface area contributed by atoms with E-state index in [1.165, 1.54) is 0 Å². The molecule has 1 aromatic heterocycles. The van der Waals surface area contributed by atoms with Crippen LogP contribution in [0, 0.1) is 5.92 Å². The number of aromatic nitrogens is 2. The van der Waals surface area contributed by atoms with Crippen LogP contribution in [0.4, 0.5) is 5.69 Å². The molecule has 33 heavy (non-hydrogen) atoms. The summed E-state index contributed by atoms with van der Waals surface area (Å²) >= 11 is 0. The van der Waals surface area contributed by atoms with E-state index >= 15 is 0 Å². The highest BCUT2D eigenvalue weighted by atomic mass is 16.5. The summed E-state index contributed by atoms with van der Waals surface area (Å²) in [6.07, 6.45) is 9.39. The molecule has 2 heterocycles. The van der Waals surface area contributed by atoms with Crippen LogP contribution in [-0.2, 0) is 9.53 Å². The van der Waals surface area contributed by atoms with E-state index in [9.17, 15) is 4.79 Å². The van der Waals surface area contributed by atoms with Gasteiger partial charge in [0.2, 0.25) is 5.91 Å². The maximum Gasteiger partial charge on any atom is 0.228 e. The molecular weight excluding hydrogens is 420 g/mol. The van der Waals surface area contributed by atoms with E-state index in [-0.39, 0.29) is 23.7 Å². The monoisotopic (exact) mass is 452 g/mol. The second-order valence-corrected chi connectivity index (χ2v) is 8.55. The largest absolute Gasteiger partial charge is 0.494 e. The summed E-state index contributed by atoms with van der Waals surface area (Å²) in [5, 5.41) is 10.6. The van der Waals surface area contributed by atoms with Crippen LogP contribution in [-0.4, -0.2) is 36.0 Å². The number of carbonyl (C=O) groups is 1. The zero-order chi connectivity index (χ0) is 23.4. The number of rotatable bonds is 8. The fraction of sp³-hybridized carbons (Fsp3) is 0.417. The number of para-hydroxylation sites is 1. The molecule has 176 valence electrons. The first-order valence-electron chi connectivity index (χ1n) is 11.3. The number of nitrogens with zero attached hydrogens (tertiary/aromatic N) is 2. The van der Waals surface area contributed by atoms with Crippen LogP contribution in [0.2, 0.25) is 0 Å². The minimum atomic E-state index is -0.0577. The Kier molecular flexibility index (Phi) is 6.88. The second-order valence-electron chi connectivity index (χ2n) is 8.55. The number of anilines is 1. The number of nitrogens with one attached hydrogen (secondary N) is 2. The van der Waals surface area contributed by atoms with E-state index < -0.39 is 0 Å². The van der Waals surface area contributed by atoms with Crippen molar-refractivity contribution in [1.82, 2.24) is 15.1 Å². The SMILES string of the molecule is COc1c(NC(/C=C(\N)NC(=O)C2CC2)=C(\C)N)cccc1-c1cnn(C2CCCOC2)c1. The zero-order valence-electron chi connectivity index (χ0n) is 19.1. The van der Waals surface area contributed by atoms with E-state index in [4.69, 9.17) is 20.9 Å². The summed E-state index contributed by atoms with van der Waals surface area (Å²) < 4.78 is 13.3. The van der Waals surface area contributed by atoms with E-state index in [1.807, 2.05) is 35.3 Å². The predicted octanol–water partition coefficient (Wildman–Crippen LogP) is 2.84. The minimum absolute atomic E-state index is 0.0577. The molecule has 1 aromatic carbocycles. The van der Waals surface area contributed by atoms with Gasteiger partial charge in [-0.05, 0) is 38.7 Å². The lowest BCUT2D eigenvalue weighted by atomic mass is 10.1. The Morgan fingerprint density at radius 2 is 2.12 bits per heavy atom. The molecule has 1 aliphatic carbocycles. The summed E-state index contributed by atoms with van der Waals surface area (Å²) in [5.74, 6) is 0.905. The third kappa shape index (κ3) is 5.48. The molecule has 1 aliphatic heterocycles. The maximum atomic E-state index is 12.0. The van der Waals surface area contributed by atoms with Crippen LogP contribution in [0.25, 0.3) is 11.1 Å². The van der Waals surface area contributed by atoms with Gasteiger partial charge in [-0.15, -0.1) is 0 Å². The Labute approximate surface area is 193 Å². The number of carbonyl (C=O) groups excluding carboxylic acids is 1. The maximum absolute atomic E-state index is 12.0. The summed E-state index contributed by atoms with van der Waals surface area (Å²) in [6.45, 7) is 3.25. The van der Waals surface area contributed by atoms with Gasteiger partial charge < -0.3 is 31.6 Å². The van der Waals surface area contributed by atoms with E-state index in [2.05, 4.69) is 15.7 Å². The molecular formula is C24H32N6O3. The molecule has 2 fully saturated rings. The molecule has 4 rings (SSSR count). The molecule has 2 aromatic rings. The molecule has 6 N–H and O–H groups in total. The van der Waals surface area contributed by atoms with Gasteiger partial charge in [0, 0.05) is 41.6 Å². The van der Waals surface area contributed by atoms with Gasteiger partial charge in [0.1, 0.15) is 11.6 Å². The molecule has 0 radical (unpaired) electrons. The van der Waals surface area contributed by atoms with Crippen LogP contribution in [0.1, 0.15) is 38.6 Å². The normalized spacial score (nSPS) is 19.6. The topological polar surface area (TPSA) is 129 Å². The van der Waals surface area contributed by atoms with Crippen LogP contribution < -0.4 is 26.8 Å². The van der Waals surface area contributed by atoms with E-state index in [1.54, 1.807) is 20.1 Å². The lowest BCUT2D eigenvalue weighted by Gasteiger charge is -2.22. The van der Waals surface area contributed by atoms with Crippen molar-refractivity contribution in [3.63, 3.8) is 0 Å². The smallest absolute Gasteiger partial charge is 0.228 e. The summed E-state index contributed by atoms with van der Waals surface area (Å²) in [6, 6.07) is 6.07. The number of hydrogen-bond donors (Lipinski definition) is 4. The average molecular weight is 453 g/mol. The van der Waals surface area contributed by atoms with Gasteiger partial charge in [0.15, 0.2) is 0 Å². The highest BCUT2D eigenvalue weighted by Gasteiger charge is 2.29. The number of ether oxygens (including phenoxy) is 2. The van der Waals surface area contributed by atoms with Gasteiger partial charge in [-0.2, -0.15) is 5.10 Å². The number of hydrogen-bond acceptors (Lipinski definition) is 7. The van der Waals surface area contributed by atoms with Gasteiger partial charge in [-0.3, -0.25) is 9.48 Å². The number of allylic oxidation sites excluding steroid dienone is 2. The standard InChI is InChI=1S/C24H32N6O3/c1-15(25)21(11-22(26)29-24(31)16-8-9-16)28-20-7-3-6-19(23(20)32-2)17-12-27-30(13-17)18-5-4-10-33-14-18/h3,6-7,11-13,16,18,28H,4-5,8-10,14,25-26H2,1-2H3,(H,29,31)/b21-15+,22-11+. The van der Waals surface area contributed by atoms with Crippen LogP contribution in [0.15, 0.2) is 53.9 Å². The average Bonchev–Trinajstić information content (AvgIpc) is 3.56. The Hall–Kier alpha value is -3.46. The van der Waals surface area contributed by atoms with Crippen molar-refractivity contribution in [2.45, 2.75) is 38.6 Å².